The highest BCUT2D eigenvalue weighted by Crippen LogP contribution is 2.55. The van der Waals surface area contributed by atoms with Crippen LogP contribution in [0.3, 0.4) is 0 Å². The van der Waals surface area contributed by atoms with Crippen LogP contribution in [-0.4, -0.2) is 79.6 Å². The Morgan fingerprint density at radius 3 is 2.65 bits per heavy atom. The van der Waals surface area contributed by atoms with E-state index in [1.807, 2.05) is 4.90 Å². The van der Waals surface area contributed by atoms with Crippen molar-refractivity contribution in [2.75, 3.05) is 34.4 Å². The molecule has 3 aliphatic heterocycles. The Balaban J connectivity index is 1.85. The van der Waals surface area contributed by atoms with Crippen molar-refractivity contribution in [1.29, 1.82) is 0 Å². The molecule has 0 aromatic carbocycles. The number of nitrogens with zero attached hydrogens (tertiary/aromatic N) is 2. The SMILES string of the molecule is COC12C(COC(N)=O)C3=C(C(=O)C(C)=C(N(C)C)C3=O)N1CC1NC12. The summed E-state index contributed by atoms with van der Waals surface area (Å²) >= 11 is 0. The summed E-state index contributed by atoms with van der Waals surface area (Å²) in [4.78, 5) is 41.1. The van der Waals surface area contributed by atoms with Gasteiger partial charge in [-0.15, -0.1) is 0 Å². The van der Waals surface area contributed by atoms with Crippen LogP contribution in [0.5, 0.6) is 0 Å². The average Bonchev–Trinajstić information content (AvgIpc) is 3.17. The van der Waals surface area contributed by atoms with Crippen LogP contribution >= 0.6 is 0 Å². The smallest absolute Gasteiger partial charge is 0.404 e. The Morgan fingerprint density at radius 2 is 2.08 bits per heavy atom. The number of rotatable bonds is 4. The predicted octanol–water partition coefficient (Wildman–Crippen LogP) is -1.05. The van der Waals surface area contributed by atoms with Gasteiger partial charge < -0.3 is 30.3 Å². The molecule has 9 nitrogen and oxygen atoms in total. The number of ketones is 2. The molecule has 0 spiro atoms. The minimum Gasteiger partial charge on any atom is -0.449 e. The van der Waals surface area contributed by atoms with Crippen LogP contribution in [0.4, 0.5) is 4.79 Å². The number of hydrogen-bond acceptors (Lipinski definition) is 8. The zero-order chi connectivity index (χ0) is 19.0. The normalized spacial score (nSPS) is 34.8. The summed E-state index contributed by atoms with van der Waals surface area (Å²) in [6.07, 6.45) is -0.927. The highest BCUT2D eigenvalue weighted by molar-refractivity contribution is 6.25. The van der Waals surface area contributed by atoms with Crippen molar-refractivity contribution < 1.29 is 23.9 Å². The molecule has 3 heterocycles. The lowest BCUT2D eigenvalue weighted by atomic mass is 9.82. The van der Waals surface area contributed by atoms with E-state index in [9.17, 15) is 14.4 Å². The molecule has 0 bridgehead atoms. The lowest BCUT2D eigenvalue weighted by Crippen LogP contribution is -2.55. The number of likely N-dealkylation sites (N-methyl/N-ethyl adjacent to an activating group) is 1. The Morgan fingerprint density at radius 1 is 1.38 bits per heavy atom. The monoisotopic (exact) mass is 362 g/mol. The van der Waals surface area contributed by atoms with E-state index in [4.69, 9.17) is 15.2 Å². The first-order chi connectivity index (χ1) is 12.3. The van der Waals surface area contributed by atoms with Crippen LogP contribution < -0.4 is 11.1 Å². The number of carbonyl (C=O) groups is 3. The van der Waals surface area contributed by atoms with E-state index >= 15 is 0 Å². The number of amides is 1. The Kier molecular flexibility index (Phi) is 3.48. The molecule has 3 N–H and O–H groups in total. The number of piperazine rings is 1. The van der Waals surface area contributed by atoms with Crippen LogP contribution in [0.25, 0.3) is 0 Å². The topological polar surface area (TPSA) is 124 Å². The Bertz CT molecular complexity index is 801. The molecule has 2 saturated heterocycles. The van der Waals surface area contributed by atoms with Gasteiger partial charge in [0, 0.05) is 44.9 Å². The summed E-state index contributed by atoms with van der Waals surface area (Å²) in [6.45, 7) is 2.10. The summed E-state index contributed by atoms with van der Waals surface area (Å²) in [5, 5.41) is 3.32. The van der Waals surface area contributed by atoms with Gasteiger partial charge in [0.2, 0.25) is 11.6 Å². The first kappa shape index (κ1) is 17.0. The van der Waals surface area contributed by atoms with E-state index in [-0.39, 0.29) is 30.3 Å². The van der Waals surface area contributed by atoms with E-state index in [0.29, 0.717) is 29.1 Å². The van der Waals surface area contributed by atoms with Crippen LogP contribution in [0.2, 0.25) is 0 Å². The van der Waals surface area contributed by atoms with Gasteiger partial charge in [0.1, 0.15) is 6.61 Å². The molecule has 0 saturated carbocycles. The third-order valence-corrected chi connectivity index (χ3v) is 5.84. The number of carbonyl (C=O) groups excluding carboxylic acids is 3. The van der Waals surface area contributed by atoms with Gasteiger partial charge >= 0.3 is 6.09 Å². The fourth-order valence-corrected chi connectivity index (χ4v) is 4.82. The number of nitrogens with one attached hydrogen (secondary N) is 1. The standard InChI is InChI=1S/C17H22N4O5/c1-7-11(20(2)3)14(23)10-8(6-26-16(18)24)17(25-4)15-9(19-15)5-21(17)12(10)13(7)22/h8-9,15,19H,5-6H2,1-4H3,(H2,18,24). The van der Waals surface area contributed by atoms with Gasteiger partial charge in [-0.1, -0.05) is 0 Å². The van der Waals surface area contributed by atoms with Crippen molar-refractivity contribution in [3.8, 4) is 0 Å². The van der Waals surface area contributed by atoms with Gasteiger partial charge in [0.05, 0.1) is 23.4 Å². The van der Waals surface area contributed by atoms with E-state index in [1.54, 1.807) is 33.0 Å². The molecule has 0 radical (unpaired) electrons. The molecule has 0 aromatic heterocycles. The van der Waals surface area contributed by atoms with Crippen molar-refractivity contribution in [2.45, 2.75) is 24.7 Å². The summed E-state index contributed by atoms with van der Waals surface area (Å²) in [7, 11) is 5.00. The third-order valence-electron chi connectivity index (χ3n) is 5.84. The molecule has 26 heavy (non-hydrogen) atoms. The fraction of sp³-hybridized carbons (Fsp3) is 0.588. The number of methoxy groups -OCH3 is 1. The van der Waals surface area contributed by atoms with Crippen molar-refractivity contribution in [3.05, 3.63) is 22.5 Å². The average molecular weight is 362 g/mol. The minimum atomic E-state index is -0.932. The van der Waals surface area contributed by atoms with Crippen LogP contribution in [0.1, 0.15) is 6.92 Å². The van der Waals surface area contributed by atoms with E-state index < -0.39 is 17.7 Å². The summed E-state index contributed by atoms with van der Waals surface area (Å²) in [6, 6.07) is 0.144. The minimum absolute atomic E-state index is 0.0386. The second-order valence-electron chi connectivity index (χ2n) is 7.29. The first-order valence-electron chi connectivity index (χ1n) is 8.48. The van der Waals surface area contributed by atoms with Crippen molar-refractivity contribution in [1.82, 2.24) is 15.1 Å². The number of ether oxygens (including phenoxy) is 2. The molecule has 1 amide bonds. The van der Waals surface area contributed by atoms with Crippen molar-refractivity contribution >= 4 is 17.7 Å². The second-order valence-corrected chi connectivity index (χ2v) is 7.29. The number of primary amides is 1. The molecule has 9 heteroatoms. The quantitative estimate of drug-likeness (QED) is 0.480. The lowest BCUT2D eigenvalue weighted by molar-refractivity contribution is -0.137. The Labute approximate surface area is 150 Å². The van der Waals surface area contributed by atoms with Crippen molar-refractivity contribution in [3.63, 3.8) is 0 Å². The molecule has 4 unspecified atom stereocenters. The molecule has 2 fully saturated rings. The molecule has 1 aliphatic carbocycles. The zero-order valence-electron chi connectivity index (χ0n) is 15.2. The highest BCUT2D eigenvalue weighted by atomic mass is 16.6. The van der Waals surface area contributed by atoms with Gasteiger partial charge in [-0.05, 0) is 6.92 Å². The number of hydrogen-bond donors (Lipinski definition) is 2. The second kappa shape index (κ2) is 5.31. The summed E-state index contributed by atoms with van der Waals surface area (Å²) < 4.78 is 11.0. The third kappa shape index (κ3) is 1.89. The summed E-state index contributed by atoms with van der Waals surface area (Å²) in [5.74, 6) is -1.02. The molecule has 140 valence electrons. The maximum absolute atomic E-state index is 13.3. The Hall–Kier alpha value is -2.39. The van der Waals surface area contributed by atoms with E-state index in [0.717, 1.165) is 0 Å². The van der Waals surface area contributed by atoms with Crippen LogP contribution in [0, 0.1) is 5.92 Å². The van der Waals surface area contributed by atoms with Crippen molar-refractivity contribution in [2.24, 2.45) is 11.7 Å². The predicted molar refractivity (Wildman–Crippen MR) is 89.6 cm³/mol. The first-order valence-corrected chi connectivity index (χ1v) is 8.48. The highest BCUT2D eigenvalue weighted by Gasteiger charge is 2.72. The number of fused-ring (bicyclic) bond motifs is 4. The van der Waals surface area contributed by atoms with E-state index in [2.05, 4.69) is 5.32 Å². The zero-order valence-corrected chi connectivity index (χ0v) is 15.2. The maximum atomic E-state index is 13.3. The van der Waals surface area contributed by atoms with Crippen LogP contribution in [-0.2, 0) is 19.1 Å². The largest absolute Gasteiger partial charge is 0.449 e. The van der Waals surface area contributed by atoms with Gasteiger partial charge in [-0.25, -0.2) is 4.79 Å². The van der Waals surface area contributed by atoms with Gasteiger partial charge in [0.25, 0.3) is 0 Å². The van der Waals surface area contributed by atoms with Gasteiger partial charge in [0.15, 0.2) is 5.72 Å². The van der Waals surface area contributed by atoms with Crippen LogP contribution in [0.15, 0.2) is 22.5 Å². The molecule has 4 rings (SSSR count). The van der Waals surface area contributed by atoms with E-state index in [1.165, 1.54) is 0 Å². The number of allylic oxidation sites excluding steroid dienone is 2. The lowest BCUT2D eigenvalue weighted by Gasteiger charge is -2.39. The summed E-state index contributed by atoms with van der Waals surface area (Å²) in [5.41, 5.74) is 5.69. The van der Waals surface area contributed by atoms with Gasteiger partial charge in [-0.3, -0.25) is 9.59 Å². The molecular formula is C17H22N4O5. The molecular weight excluding hydrogens is 340 g/mol. The number of nitrogens with two attached hydrogens (primary N) is 1. The maximum Gasteiger partial charge on any atom is 0.404 e. The van der Waals surface area contributed by atoms with Gasteiger partial charge in [-0.2, -0.15) is 0 Å². The molecule has 4 atom stereocenters. The molecule has 0 aromatic rings. The number of Topliss-reactive ketones (excluding diaryl/α,β-unsaturated/α-hetero) is 2. The fourth-order valence-electron chi connectivity index (χ4n) is 4.82. The molecule has 4 aliphatic rings.